The van der Waals surface area contributed by atoms with Gasteiger partial charge in [0, 0.05) is 42.4 Å². The second-order valence-electron chi connectivity index (χ2n) is 11.1. The number of benzene rings is 1. The number of hydrogen-bond acceptors (Lipinski definition) is 7. The summed E-state index contributed by atoms with van der Waals surface area (Å²) in [7, 11) is -3.72. The molecule has 5 rings (SSSR count). The van der Waals surface area contributed by atoms with Gasteiger partial charge in [0.05, 0.1) is 31.1 Å². The van der Waals surface area contributed by atoms with Gasteiger partial charge in [-0.25, -0.2) is 22.0 Å². The Morgan fingerprint density at radius 2 is 1.97 bits per heavy atom. The van der Waals surface area contributed by atoms with Crippen molar-refractivity contribution < 1.29 is 36.6 Å². The van der Waals surface area contributed by atoms with E-state index in [9.17, 15) is 27.1 Å². The first-order chi connectivity index (χ1) is 17.9. The maximum atomic E-state index is 14.8. The Labute approximate surface area is 220 Å². The lowest BCUT2D eigenvalue weighted by molar-refractivity contribution is -0.103. The third-order valence-corrected chi connectivity index (χ3v) is 9.58. The largest absolute Gasteiger partial charge is 0.465 e. The summed E-state index contributed by atoms with van der Waals surface area (Å²) in [5.41, 5.74) is 0.454. The SMILES string of the molecule is CC(C)(C)N(C(=O)O)[C@H]1C[C@@H](N2Cc3cnn(S(=O)(=O)C4CCOC4)c3C2)CO[C@@H]1c1cc(F)ccc1F. The van der Waals surface area contributed by atoms with Gasteiger partial charge in [0.1, 0.15) is 23.0 Å². The van der Waals surface area contributed by atoms with Crippen molar-refractivity contribution in [1.29, 1.82) is 0 Å². The van der Waals surface area contributed by atoms with Gasteiger partial charge in [0.2, 0.25) is 0 Å². The van der Waals surface area contributed by atoms with Crippen LogP contribution in [-0.2, 0) is 32.6 Å². The molecule has 0 saturated carbocycles. The standard InChI is InChI=1S/C25H32F2N4O6S/c1-25(2,3)30(24(32)33)21-9-17(13-37-23(21)19-8-16(26)4-5-20(19)27)29-11-15-10-28-31(22(15)12-29)38(34,35)18-6-7-36-14-18/h4-5,8,10,17-18,21,23H,6-7,9,11-14H2,1-3H3,(H,32,33)/t17-,18?,21+,23-/m1/s1. The number of ether oxygens (including phenoxy) is 2. The molecule has 4 atom stereocenters. The molecule has 38 heavy (non-hydrogen) atoms. The summed E-state index contributed by atoms with van der Waals surface area (Å²) in [6.45, 7) is 6.56. The quantitative estimate of drug-likeness (QED) is 0.600. The van der Waals surface area contributed by atoms with E-state index in [1.165, 1.54) is 4.90 Å². The van der Waals surface area contributed by atoms with Crippen LogP contribution in [0.2, 0.25) is 0 Å². The number of rotatable bonds is 5. The molecule has 13 heteroatoms. The van der Waals surface area contributed by atoms with E-state index >= 15 is 0 Å². The van der Waals surface area contributed by atoms with Crippen molar-refractivity contribution in [3.63, 3.8) is 0 Å². The van der Waals surface area contributed by atoms with Crippen LogP contribution in [0.3, 0.4) is 0 Å². The minimum absolute atomic E-state index is 0.0332. The number of carboxylic acid groups (broad SMARTS) is 1. The van der Waals surface area contributed by atoms with Crippen molar-refractivity contribution in [1.82, 2.24) is 19.0 Å². The number of halogens is 2. The van der Waals surface area contributed by atoms with Crippen molar-refractivity contribution in [3.8, 4) is 0 Å². The minimum Gasteiger partial charge on any atom is -0.465 e. The highest BCUT2D eigenvalue weighted by Crippen LogP contribution is 2.40. The van der Waals surface area contributed by atoms with Gasteiger partial charge in [-0.2, -0.15) is 9.19 Å². The summed E-state index contributed by atoms with van der Waals surface area (Å²) < 4.78 is 67.7. The number of amides is 1. The summed E-state index contributed by atoms with van der Waals surface area (Å²) in [4.78, 5) is 15.7. The molecule has 0 aliphatic carbocycles. The number of fused-ring (bicyclic) bond motifs is 1. The maximum Gasteiger partial charge on any atom is 0.408 e. The lowest BCUT2D eigenvalue weighted by atomic mass is 9.88. The molecule has 0 bridgehead atoms. The molecule has 0 radical (unpaired) electrons. The molecule has 4 heterocycles. The van der Waals surface area contributed by atoms with Crippen molar-refractivity contribution >= 4 is 16.1 Å². The molecule has 1 amide bonds. The zero-order valence-corrected chi connectivity index (χ0v) is 22.3. The molecule has 3 aliphatic rings. The van der Waals surface area contributed by atoms with Gasteiger partial charge in [-0.15, -0.1) is 0 Å². The average Bonchev–Trinajstić information content (AvgIpc) is 3.57. The highest BCUT2D eigenvalue weighted by atomic mass is 32.2. The van der Waals surface area contributed by atoms with Gasteiger partial charge >= 0.3 is 6.09 Å². The Balaban J connectivity index is 1.43. The van der Waals surface area contributed by atoms with Gasteiger partial charge in [-0.05, 0) is 51.8 Å². The van der Waals surface area contributed by atoms with Crippen LogP contribution in [0.5, 0.6) is 0 Å². The van der Waals surface area contributed by atoms with Crippen LogP contribution in [0.25, 0.3) is 0 Å². The molecule has 1 N–H and O–H groups in total. The predicted octanol–water partition coefficient (Wildman–Crippen LogP) is 3.12. The lowest BCUT2D eigenvalue weighted by Gasteiger charge is -2.48. The molecule has 0 spiro atoms. The van der Waals surface area contributed by atoms with Crippen LogP contribution in [-0.4, -0.2) is 81.3 Å². The van der Waals surface area contributed by atoms with Crippen LogP contribution in [0, 0.1) is 11.6 Å². The second-order valence-corrected chi connectivity index (χ2v) is 13.1. The average molecular weight is 555 g/mol. The predicted molar refractivity (Wildman–Crippen MR) is 132 cm³/mol. The molecule has 2 aromatic rings. The molecule has 10 nitrogen and oxygen atoms in total. The van der Waals surface area contributed by atoms with E-state index in [2.05, 4.69) is 5.10 Å². The van der Waals surface area contributed by atoms with Gasteiger partial charge in [0.15, 0.2) is 0 Å². The summed E-state index contributed by atoms with van der Waals surface area (Å²) in [5.74, 6) is -1.31. The van der Waals surface area contributed by atoms with Crippen LogP contribution >= 0.6 is 0 Å². The third kappa shape index (κ3) is 4.80. The van der Waals surface area contributed by atoms with E-state index in [-0.39, 0.29) is 37.8 Å². The van der Waals surface area contributed by atoms with Gasteiger partial charge in [-0.3, -0.25) is 9.80 Å². The third-order valence-electron chi connectivity index (χ3n) is 7.57. The monoisotopic (exact) mass is 554 g/mol. The molecule has 208 valence electrons. The number of hydrogen-bond donors (Lipinski definition) is 1. The Bertz CT molecular complexity index is 1320. The van der Waals surface area contributed by atoms with E-state index < -0.39 is 50.7 Å². The Morgan fingerprint density at radius 1 is 1.21 bits per heavy atom. The van der Waals surface area contributed by atoms with Crippen LogP contribution in [0.1, 0.15) is 56.5 Å². The smallest absolute Gasteiger partial charge is 0.408 e. The molecule has 1 aromatic heterocycles. The normalized spacial score (nSPS) is 26.4. The summed E-state index contributed by atoms with van der Waals surface area (Å²) in [6.07, 6.45) is 0.0343. The van der Waals surface area contributed by atoms with Gasteiger partial charge in [0.25, 0.3) is 10.0 Å². The van der Waals surface area contributed by atoms with Crippen LogP contribution in [0.15, 0.2) is 24.4 Å². The zero-order valence-electron chi connectivity index (χ0n) is 21.5. The Hall–Kier alpha value is -2.61. The highest BCUT2D eigenvalue weighted by Gasteiger charge is 2.46. The molecular weight excluding hydrogens is 522 g/mol. The fourth-order valence-corrected chi connectivity index (χ4v) is 7.37. The van der Waals surface area contributed by atoms with Crippen molar-refractivity contribution in [2.24, 2.45) is 0 Å². The lowest BCUT2D eigenvalue weighted by Crippen LogP contribution is -2.58. The number of aromatic nitrogens is 2. The first kappa shape index (κ1) is 27.0. The maximum absolute atomic E-state index is 14.8. The molecule has 2 saturated heterocycles. The van der Waals surface area contributed by atoms with Crippen molar-refractivity contribution in [3.05, 3.63) is 52.9 Å². The van der Waals surface area contributed by atoms with E-state index in [0.29, 0.717) is 25.3 Å². The van der Waals surface area contributed by atoms with E-state index in [0.717, 1.165) is 27.8 Å². The fraction of sp³-hybridized carbons (Fsp3) is 0.600. The van der Waals surface area contributed by atoms with E-state index in [1.807, 2.05) is 4.90 Å². The number of carbonyl (C=O) groups is 1. The van der Waals surface area contributed by atoms with E-state index in [1.54, 1.807) is 27.0 Å². The number of nitrogens with zero attached hydrogens (tertiary/aromatic N) is 4. The molecule has 1 unspecified atom stereocenters. The fourth-order valence-electron chi connectivity index (χ4n) is 5.76. The topological polar surface area (TPSA) is 114 Å². The molecule has 2 fully saturated rings. The van der Waals surface area contributed by atoms with Gasteiger partial charge in [-0.1, -0.05) is 0 Å². The molecular formula is C25H32F2N4O6S. The molecule has 3 aliphatic heterocycles. The zero-order chi connectivity index (χ0) is 27.4. The molecule has 1 aromatic carbocycles. The summed E-state index contributed by atoms with van der Waals surface area (Å²) in [5, 5.41) is 13.6. The van der Waals surface area contributed by atoms with Crippen LogP contribution < -0.4 is 0 Å². The first-order valence-electron chi connectivity index (χ1n) is 12.6. The van der Waals surface area contributed by atoms with Crippen molar-refractivity contribution in [2.45, 2.75) is 75.7 Å². The second kappa shape index (κ2) is 9.85. The summed E-state index contributed by atoms with van der Waals surface area (Å²) >= 11 is 0. The highest BCUT2D eigenvalue weighted by molar-refractivity contribution is 7.90. The summed E-state index contributed by atoms with van der Waals surface area (Å²) in [6, 6.07) is 1.96. The first-order valence-corrected chi connectivity index (χ1v) is 14.1. The van der Waals surface area contributed by atoms with Crippen molar-refractivity contribution in [2.75, 3.05) is 19.8 Å². The minimum atomic E-state index is -3.72. The Kier molecular flexibility index (Phi) is 6.99. The van der Waals surface area contributed by atoms with E-state index in [4.69, 9.17) is 9.47 Å². The van der Waals surface area contributed by atoms with Crippen LogP contribution in [0.4, 0.5) is 13.6 Å². The Morgan fingerprint density at radius 3 is 2.63 bits per heavy atom. The van der Waals surface area contributed by atoms with Gasteiger partial charge < -0.3 is 14.6 Å².